The lowest BCUT2D eigenvalue weighted by Gasteiger charge is -2.50. The van der Waals surface area contributed by atoms with Crippen LogP contribution in [0.1, 0.15) is 37.7 Å². The van der Waals surface area contributed by atoms with E-state index in [4.69, 9.17) is 27.1 Å². The highest BCUT2D eigenvalue weighted by Gasteiger charge is 2.53. The number of anilines is 1. The number of benzene rings is 1. The van der Waals surface area contributed by atoms with Gasteiger partial charge in [-0.1, -0.05) is 29.4 Å². The van der Waals surface area contributed by atoms with E-state index in [0.717, 1.165) is 37.6 Å². The van der Waals surface area contributed by atoms with Gasteiger partial charge >= 0.3 is 12.0 Å². The minimum atomic E-state index is -0.961. The van der Waals surface area contributed by atoms with E-state index in [1.807, 2.05) is 4.90 Å². The van der Waals surface area contributed by atoms with Crippen LogP contribution in [0, 0.1) is 23.1 Å². The van der Waals surface area contributed by atoms with E-state index in [2.05, 4.69) is 26.0 Å². The summed E-state index contributed by atoms with van der Waals surface area (Å²) >= 11 is 7.93. The molecule has 0 bridgehead atoms. The van der Waals surface area contributed by atoms with Crippen LogP contribution in [-0.2, 0) is 0 Å². The number of halogens is 4. The number of hydrogen-bond acceptors (Lipinski definition) is 11. The molecule has 12 nitrogen and oxygen atoms in total. The van der Waals surface area contributed by atoms with Gasteiger partial charge in [0, 0.05) is 49.5 Å². The molecular formula is C34H32ClF3N10O2S. The zero-order valence-corrected chi connectivity index (χ0v) is 28.8. The molecule has 7 heterocycles. The summed E-state index contributed by atoms with van der Waals surface area (Å²) in [5.74, 6) is -1.71. The lowest BCUT2D eigenvalue weighted by Crippen LogP contribution is -2.64. The number of nitriles is 1. The molecule has 5 atom stereocenters. The molecule has 2 aromatic heterocycles. The van der Waals surface area contributed by atoms with Gasteiger partial charge in [-0.2, -0.15) is 25.0 Å². The van der Waals surface area contributed by atoms with E-state index in [9.17, 15) is 14.4 Å². The molecule has 3 aromatic rings. The monoisotopic (exact) mass is 736 g/mol. The van der Waals surface area contributed by atoms with Crippen LogP contribution >= 0.6 is 23.4 Å². The Morgan fingerprint density at radius 1 is 1.20 bits per heavy atom. The van der Waals surface area contributed by atoms with Crippen LogP contribution in [0.4, 0.5) is 23.8 Å². The zero-order valence-electron chi connectivity index (χ0n) is 27.2. The van der Waals surface area contributed by atoms with Crippen LogP contribution in [0.5, 0.6) is 6.01 Å². The molecule has 3 unspecified atom stereocenters. The summed E-state index contributed by atoms with van der Waals surface area (Å²) in [5, 5.41) is 13.7. The van der Waals surface area contributed by atoms with Gasteiger partial charge in [-0.15, -0.1) is 0 Å². The molecule has 5 aliphatic heterocycles. The summed E-state index contributed by atoms with van der Waals surface area (Å²) in [4.78, 5) is 32.5. The minimum absolute atomic E-state index is 0.0142. The largest absolute Gasteiger partial charge is 0.461 e. The van der Waals surface area contributed by atoms with Crippen molar-refractivity contribution in [2.75, 3.05) is 44.2 Å². The highest BCUT2D eigenvalue weighted by molar-refractivity contribution is 8.04. The number of alkyl halides is 1. The van der Waals surface area contributed by atoms with Gasteiger partial charge in [-0.3, -0.25) is 4.90 Å². The number of amides is 1. The maximum atomic E-state index is 17.1. The lowest BCUT2D eigenvalue weighted by atomic mass is 9.81. The van der Waals surface area contributed by atoms with Crippen molar-refractivity contribution in [3.8, 4) is 12.1 Å². The summed E-state index contributed by atoms with van der Waals surface area (Å²) in [6, 6.07) is 3.32. The second-order valence-corrected chi connectivity index (χ2v) is 15.7. The molecule has 17 heteroatoms. The van der Waals surface area contributed by atoms with Gasteiger partial charge in [-0.25, -0.2) is 22.9 Å². The van der Waals surface area contributed by atoms with Crippen molar-refractivity contribution >= 4 is 51.7 Å². The normalized spacial score (nSPS) is 30.1. The van der Waals surface area contributed by atoms with Crippen LogP contribution in [0.25, 0.3) is 16.5 Å². The number of allylic oxidation sites excluding steroid dienone is 4. The fourth-order valence-electron chi connectivity index (χ4n) is 8.95. The van der Waals surface area contributed by atoms with Crippen molar-refractivity contribution in [2.45, 2.75) is 54.6 Å². The third kappa shape index (κ3) is 4.95. The van der Waals surface area contributed by atoms with Gasteiger partial charge in [-0.05, 0) is 49.9 Å². The quantitative estimate of drug-likeness (QED) is 0.380. The second-order valence-electron chi connectivity index (χ2n) is 14.1. The Morgan fingerprint density at radius 2 is 2.04 bits per heavy atom. The average molecular weight is 737 g/mol. The first-order chi connectivity index (χ1) is 24.6. The average Bonchev–Trinajstić information content (AvgIpc) is 3.93. The highest BCUT2D eigenvalue weighted by atomic mass is 35.5. The number of ether oxygens (including phenoxy) is 1. The second kappa shape index (κ2) is 11.9. The maximum Gasteiger partial charge on any atom is 0.346 e. The molecule has 1 amide bonds. The molecule has 51 heavy (non-hydrogen) atoms. The summed E-state index contributed by atoms with van der Waals surface area (Å²) in [6.45, 7) is 2.72. The number of likely N-dealkylation sites (tertiary alicyclic amines) is 1. The van der Waals surface area contributed by atoms with Crippen molar-refractivity contribution in [1.29, 1.82) is 5.26 Å². The Labute approximate surface area is 299 Å². The number of fused-ring (bicyclic) bond motifs is 3. The number of carbonyl (C=O) groups excluding carboxylic acids is 1. The van der Waals surface area contributed by atoms with Crippen LogP contribution in [-0.4, -0.2) is 102 Å². The Bertz CT molecular complexity index is 2120. The number of aromatic nitrogens is 5. The standard InChI is InChI=1S/C34H32ClF3N10O2S/c35-22-10-20-27(26(38)25(22)19-2-3-23(37)28-24(19)21(12-39)29(40)51-28)43-31(50-15-34-4-1-7-46(34)13-18(36)11-34)44-30(20)45-8-5-33(14-45)6-9-47(33)32(49)48-17-41-16-42-48/h2-3,10,16-18,24,28H,1,4-9,11,13-15,40H2/t18-,24?,28?,33?,34+/m1/s1. The summed E-state index contributed by atoms with van der Waals surface area (Å²) in [7, 11) is 0. The molecule has 0 radical (unpaired) electrons. The number of hydrogen-bond donors (Lipinski definition) is 1. The van der Waals surface area contributed by atoms with E-state index in [-0.39, 0.29) is 45.4 Å². The first-order valence-electron chi connectivity index (χ1n) is 16.9. The topological polar surface area (TPSA) is 142 Å². The van der Waals surface area contributed by atoms with Gasteiger partial charge in [0.1, 0.15) is 42.6 Å². The van der Waals surface area contributed by atoms with E-state index >= 15 is 8.78 Å². The fourth-order valence-corrected chi connectivity index (χ4v) is 10.4. The third-order valence-electron chi connectivity index (χ3n) is 11.5. The molecular weight excluding hydrogens is 705 g/mol. The smallest absolute Gasteiger partial charge is 0.346 e. The summed E-state index contributed by atoms with van der Waals surface area (Å²) in [6.07, 6.45) is 7.82. The number of rotatable bonds is 5. The molecule has 2 N–H and O–H groups in total. The van der Waals surface area contributed by atoms with Gasteiger partial charge < -0.3 is 20.3 Å². The fraction of sp³-hybridized carbons (Fsp3) is 0.471. The molecule has 0 saturated carbocycles. The molecule has 9 rings (SSSR count). The molecule has 1 spiro atoms. The van der Waals surface area contributed by atoms with Crippen molar-refractivity contribution < 1.29 is 22.7 Å². The Balaban J connectivity index is 1.13. The van der Waals surface area contributed by atoms with Gasteiger partial charge in [0.2, 0.25) is 0 Å². The predicted octanol–water partition coefficient (Wildman–Crippen LogP) is 4.97. The van der Waals surface area contributed by atoms with Crippen LogP contribution in [0.2, 0.25) is 5.02 Å². The van der Waals surface area contributed by atoms with E-state index in [0.29, 0.717) is 55.8 Å². The maximum absolute atomic E-state index is 17.1. The van der Waals surface area contributed by atoms with Gasteiger partial charge in [0.25, 0.3) is 0 Å². The molecule has 4 saturated heterocycles. The van der Waals surface area contributed by atoms with Gasteiger partial charge in [0.15, 0.2) is 5.82 Å². The molecule has 4 fully saturated rings. The van der Waals surface area contributed by atoms with Crippen LogP contribution < -0.4 is 15.4 Å². The summed E-state index contributed by atoms with van der Waals surface area (Å²) < 4.78 is 54.2. The molecule has 1 aliphatic carbocycles. The number of carbonyl (C=O) groups is 1. The van der Waals surface area contributed by atoms with Gasteiger partial charge in [0.05, 0.1) is 38.0 Å². The Hall–Kier alpha value is -4.33. The Morgan fingerprint density at radius 3 is 2.80 bits per heavy atom. The van der Waals surface area contributed by atoms with Crippen molar-refractivity contribution in [1.82, 2.24) is 34.5 Å². The zero-order chi connectivity index (χ0) is 35.2. The minimum Gasteiger partial charge on any atom is -0.461 e. The molecule has 264 valence electrons. The van der Waals surface area contributed by atoms with E-state index in [1.54, 1.807) is 11.0 Å². The van der Waals surface area contributed by atoms with E-state index < -0.39 is 40.1 Å². The third-order valence-corrected chi connectivity index (χ3v) is 13.0. The lowest BCUT2D eigenvalue weighted by molar-refractivity contribution is 0.0400. The highest BCUT2D eigenvalue weighted by Crippen LogP contribution is 2.53. The van der Waals surface area contributed by atoms with E-state index in [1.165, 1.54) is 29.5 Å². The molecule has 1 aromatic carbocycles. The number of nitrogens with two attached hydrogens (primary N) is 1. The summed E-state index contributed by atoms with van der Waals surface area (Å²) in [5.41, 5.74) is 5.52. The Kier molecular flexibility index (Phi) is 7.57. The predicted molar refractivity (Wildman–Crippen MR) is 184 cm³/mol. The first kappa shape index (κ1) is 32.6. The number of nitrogens with zero attached hydrogens (tertiary/aromatic N) is 9. The van der Waals surface area contributed by atoms with Crippen molar-refractivity contribution in [2.24, 2.45) is 11.7 Å². The van der Waals surface area contributed by atoms with Crippen LogP contribution in [0.3, 0.4) is 0 Å². The first-order valence-corrected chi connectivity index (χ1v) is 18.1. The van der Waals surface area contributed by atoms with Crippen LogP contribution in [0.15, 0.2) is 47.3 Å². The SMILES string of the molecule is N#CC1=C(N)SC2C(F)=CC=C(c3c(Cl)cc4c(N5CCC6(CCN6C(=O)n6cncn6)C5)nc(OC[C@@]56CCCN5C[C@H](F)C6)nc4c3F)C12. The van der Waals surface area contributed by atoms with Crippen molar-refractivity contribution in [3.63, 3.8) is 0 Å². The number of thioether (sulfide) groups is 1. The van der Waals surface area contributed by atoms with Crippen molar-refractivity contribution in [3.05, 3.63) is 63.7 Å². The molecule has 6 aliphatic rings.